The molecule has 3 N–H and O–H groups in total. The van der Waals surface area contributed by atoms with Crippen LogP contribution in [0.5, 0.6) is 11.5 Å². The van der Waals surface area contributed by atoms with E-state index >= 15 is 0 Å². The second kappa shape index (κ2) is 4.26. The molecule has 15 heavy (non-hydrogen) atoms. The van der Waals surface area contributed by atoms with Gasteiger partial charge in [-0.05, 0) is 6.07 Å². The molecule has 1 unspecified atom stereocenters. The van der Waals surface area contributed by atoms with E-state index < -0.39 is 6.10 Å². The van der Waals surface area contributed by atoms with Crippen LogP contribution in [0.2, 0.25) is 5.02 Å². The zero-order valence-electron chi connectivity index (χ0n) is 8.07. The Morgan fingerprint density at radius 1 is 1.33 bits per heavy atom. The topological polar surface area (TPSA) is 64.7 Å². The lowest BCUT2D eigenvalue weighted by atomic mass is 10.1. The number of aliphatic hydroxyl groups is 1. The maximum atomic E-state index is 9.67. The van der Waals surface area contributed by atoms with E-state index in [0.717, 1.165) is 0 Å². The number of benzene rings is 1. The summed E-state index contributed by atoms with van der Waals surface area (Å²) in [6.07, 6.45) is -0.752. The molecule has 0 saturated heterocycles. The first kappa shape index (κ1) is 10.5. The lowest BCUT2D eigenvalue weighted by Crippen LogP contribution is -2.19. The van der Waals surface area contributed by atoms with Gasteiger partial charge in [0.05, 0.1) is 11.1 Å². The van der Waals surface area contributed by atoms with E-state index in [9.17, 15) is 5.11 Å². The monoisotopic (exact) mass is 229 g/mol. The van der Waals surface area contributed by atoms with Crippen LogP contribution in [0.3, 0.4) is 0 Å². The van der Waals surface area contributed by atoms with Gasteiger partial charge in [0.15, 0.2) is 11.5 Å². The molecule has 1 aromatic rings. The molecule has 5 heteroatoms. The van der Waals surface area contributed by atoms with Gasteiger partial charge in [-0.1, -0.05) is 17.7 Å². The number of hydrogen-bond acceptors (Lipinski definition) is 4. The van der Waals surface area contributed by atoms with Crippen LogP contribution >= 0.6 is 11.6 Å². The zero-order chi connectivity index (χ0) is 10.8. The molecule has 0 saturated carbocycles. The minimum atomic E-state index is -0.752. The molecule has 82 valence electrons. The molecule has 0 aliphatic carbocycles. The molecular formula is C10H12ClNO3. The molecule has 0 fully saturated rings. The Morgan fingerprint density at radius 3 is 2.67 bits per heavy atom. The van der Waals surface area contributed by atoms with Crippen LogP contribution in [0.15, 0.2) is 12.1 Å². The third kappa shape index (κ3) is 1.88. The van der Waals surface area contributed by atoms with Crippen LogP contribution in [0.25, 0.3) is 0 Å². The smallest absolute Gasteiger partial charge is 0.180 e. The highest BCUT2D eigenvalue weighted by molar-refractivity contribution is 6.32. The number of hydrogen-bond donors (Lipinski definition) is 2. The number of aliphatic hydroxyl groups excluding tert-OH is 1. The Kier molecular flexibility index (Phi) is 3.00. The molecule has 0 aromatic heterocycles. The minimum Gasteiger partial charge on any atom is -0.486 e. The third-order valence-electron chi connectivity index (χ3n) is 2.25. The van der Waals surface area contributed by atoms with Crippen molar-refractivity contribution >= 4 is 11.6 Å². The maximum absolute atomic E-state index is 9.67. The highest BCUT2D eigenvalue weighted by Gasteiger charge is 2.22. The van der Waals surface area contributed by atoms with Gasteiger partial charge in [-0.25, -0.2) is 0 Å². The second-order valence-corrected chi connectivity index (χ2v) is 3.65. The SMILES string of the molecule is NCC(O)c1ccc(Cl)c2c1OCCO2. The van der Waals surface area contributed by atoms with Gasteiger partial charge in [0, 0.05) is 12.1 Å². The largest absolute Gasteiger partial charge is 0.486 e. The van der Waals surface area contributed by atoms with Crippen LogP contribution in [-0.2, 0) is 0 Å². The number of rotatable bonds is 2. The van der Waals surface area contributed by atoms with Gasteiger partial charge in [0.25, 0.3) is 0 Å². The molecule has 1 heterocycles. The van der Waals surface area contributed by atoms with Crippen molar-refractivity contribution in [3.8, 4) is 11.5 Å². The van der Waals surface area contributed by atoms with Crippen molar-refractivity contribution in [3.63, 3.8) is 0 Å². The predicted molar refractivity (Wildman–Crippen MR) is 56.5 cm³/mol. The summed E-state index contributed by atoms with van der Waals surface area (Å²) in [7, 11) is 0. The van der Waals surface area contributed by atoms with E-state index in [1.54, 1.807) is 12.1 Å². The molecule has 0 spiro atoms. The fourth-order valence-corrected chi connectivity index (χ4v) is 1.72. The fourth-order valence-electron chi connectivity index (χ4n) is 1.51. The summed E-state index contributed by atoms with van der Waals surface area (Å²) in [5, 5.41) is 10.2. The number of fused-ring (bicyclic) bond motifs is 1. The van der Waals surface area contributed by atoms with Crippen molar-refractivity contribution in [1.82, 2.24) is 0 Å². The Labute approximate surface area is 92.5 Å². The van der Waals surface area contributed by atoms with Crippen molar-refractivity contribution in [1.29, 1.82) is 0 Å². The van der Waals surface area contributed by atoms with Crippen LogP contribution in [0, 0.1) is 0 Å². The Bertz CT molecular complexity index is 370. The Balaban J connectivity index is 2.48. The summed E-state index contributed by atoms with van der Waals surface area (Å²) in [5.74, 6) is 1.000. The highest BCUT2D eigenvalue weighted by Crippen LogP contribution is 2.42. The molecule has 0 amide bonds. The van der Waals surface area contributed by atoms with E-state index in [4.69, 9.17) is 26.8 Å². The normalized spacial score (nSPS) is 16.2. The van der Waals surface area contributed by atoms with Crippen LogP contribution in [0.4, 0.5) is 0 Å². The molecule has 0 radical (unpaired) electrons. The van der Waals surface area contributed by atoms with Crippen molar-refractivity contribution < 1.29 is 14.6 Å². The summed E-state index contributed by atoms with van der Waals surface area (Å²) in [5.41, 5.74) is 6.02. The summed E-state index contributed by atoms with van der Waals surface area (Å²) in [4.78, 5) is 0. The summed E-state index contributed by atoms with van der Waals surface area (Å²) in [6, 6.07) is 3.37. The van der Waals surface area contributed by atoms with Gasteiger partial charge >= 0.3 is 0 Å². The molecule has 2 rings (SSSR count). The molecule has 0 bridgehead atoms. The number of halogens is 1. The van der Waals surface area contributed by atoms with E-state index in [0.29, 0.717) is 35.3 Å². The molecule has 1 aliphatic rings. The van der Waals surface area contributed by atoms with E-state index in [-0.39, 0.29) is 6.54 Å². The second-order valence-electron chi connectivity index (χ2n) is 3.24. The van der Waals surface area contributed by atoms with Crippen LogP contribution in [0.1, 0.15) is 11.7 Å². The van der Waals surface area contributed by atoms with Gasteiger partial charge in [0.1, 0.15) is 13.2 Å². The summed E-state index contributed by atoms with van der Waals surface area (Å²) in [6.45, 7) is 1.06. The quantitative estimate of drug-likeness (QED) is 0.797. The van der Waals surface area contributed by atoms with Crippen molar-refractivity contribution in [2.24, 2.45) is 5.73 Å². The lowest BCUT2D eigenvalue weighted by Gasteiger charge is -2.23. The molecular weight excluding hydrogens is 218 g/mol. The van der Waals surface area contributed by atoms with Gasteiger partial charge in [-0.3, -0.25) is 0 Å². The van der Waals surface area contributed by atoms with E-state index in [2.05, 4.69) is 0 Å². The maximum Gasteiger partial charge on any atom is 0.180 e. The van der Waals surface area contributed by atoms with Gasteiger partial charge in [-0.15, -0.1) is 0 Å². The summed E-state index contributed by atoms with van der Waals surface area (Å²) >= 11 is 5.94. The average Bonchev–Trinajstić information content (AvgIpc) is 2.29. The average molecular weight is 230 g/mol. The van der Waals surface area contributed by atoms with Gasteiger partial charge in [0.2, 0.25) is 0 Å². The first-order valence-electron chi connectivity index (χ1n) is 4.70. The standard InChI is InChI=1S/C10H12ClNO3/c11-7-2-1-6(8(13)5-12)9-10(7)15-4-3-14-9/h1-2,8,13H,3-5,12H2. The number of nitrogens with two attached hydrogens (primary N) is 1. The third-order valence-corrected chi connectivity index (χ3v) is 2.55. The Morgan fingerprint density at radius 2 is 2.00 bits per heavy atom. The van der Waals surface area contributed by atoms with Gasteiger partial charge in [-0.2, -0.15) is 0 Å². The van der Waals surface area contributed by atoms with Crippen molar-refractivity contribution in [2.75, 3.05) is 19.8 Å². The van der Waals surface area contributed by atoms with Crippen molar-refractivity contribution in [2.45, 2.75) is 6.10 Å². The zero-order valence-corrected chi connectivity index (χ0v) is 8.83. The first-order chi connectivity index (χ1) is 7.24. The van der Waals surface area contributed by atoms with Crippen molar-refractivity contribution in [3.05, 3.63) is 22.7 Å². The molecule has 1 atom stereocenters. The van der Waals surface area contributed by atoms with Crippen LogP contribution < -0.4 is 15.2 Å². The fraction of sp³-hybridized carbons (Fsp3) is 0.400. The van der Waals surface area contributed by atoms with Crippen LogP contribution in [-0.4, -0.2) is 24.9 Å². The lowest BCUT2D eigenvalue weighted by molar-refractivity contribution is 0.149. The van der Waals surface area contributed by atoms with E-state index in [1.165, 1.54) is 0 Å². The molecule has 4 nitrogen and oxygen atoms in total. The summed E-state index contributed by atoms with van der Waals surface area (Å²) < 4.78 is 10.8. The highest BCUT2D eigenvalue weighted by atomic mass is 35.5. The minimum absolute atomic E-state index is 0.136. The van der Waals surface area contributed by atoms with Gasteiger partial charge < -0.3 is 20.3 Å². The van der Waals surface area contributed by atoms with E-state index in [1.807, 2.05) is 0 Å². The first-order valence-corrected chi connectivity index (χ1v) is 5.08. The number of ether oxygens (including phenoxy) is 2. The Hall–Kier alpha value is -0.970. The molecule has 1 aromatic carbocycles. The predicted octanol–water partition coefficient (Wildman–Crippen LogP) is 1.10. The molecule has 1 aliphatic heterocycles.